The minimum Gasteiger partial charge on any atom is -1.00 e. The molecule has 8 heteroatoms. The maximum atomic E-state index is 6.51. The van der Waals surface area contributed by atoms with Gasteiger partial charge in [0.25, 0.3) is 5.52 Å². The predicted molar refractivity (Wildman–Crippen MR) is 153 cm³/mol. The monoisotopic (exact) mass is 758 g/mol. The Morgan fingerprint density at radius 3 is 2.46 bits per heavy atom. The fraction of sp³-hybridized carbons (Fsp3) is 0.516. The molecule has 1 fully saturated rings. The molecule has 1 aliphatic rings. The van der Waals surface area contributed by atoms with Crippen molar-refractivity contribution in [1.82, 2.24) is 4.90 Å². The van der Waals surface area contributed by atoms with Crippen LogP contribution in [-0.4, -0.2) is 69.4 Å². The number of pyridine rings is 1. The molecule has 6 nitrogen and oxygen atoms in total. The molecule has 0 saturated carbocycles. The number of piperidine rings is 1. The summed E-state index contributed by atoms with van der Waals surface area (Å²) in [5.41, 5.74) is 5.21. The summed E-state index contributed by atoms with van der Waals surface area (Å²) in [6.45, 7) is 11.9. The van der Waals surface area contributed by atoms with E-state index in [4.69, 9.17) is 9.15 Å². The number of para-hydroxylation sites is 1. The number of quaternary nitrogens is 1. The molecule has 4 aromatic rings. The van der Waals surface area contributed by atoms with E-state index in [2.05, 4.69) is 92.2 Å². The summed E-state index contributed by atoms with van der Waals surface area (Å²) >= 11 is 0. The number of aryl methyl sites for hydroxylation is 1. The van der Waals surface area contributed by atoms with Gasteiger partial charge in [-0.2, -0.15) is 4.57 Å². The number of nitrogens with zero attached hydrogens (tertiary/aromatic N) is 3. The number of anilines is 1. The summed E-state index contributed by atoms with van der Waals surface area (Å²) in [4.78, 5) is 2.47. The molecule has 5 rings (SSSR count). The molecular formula is C31H44I2N4O2. The second-order valence-electron chi connectivity index (χ2n) is 11.3. The van der Waals surface area contributed by atoms with E-state index in [1.165, 1.54) is 36.8 Å². The van der Waals surface area contributed by atoms with Crippen LogP contribution in [0.3, 0.4) is 0 Å². The molecule has 0 radical (unpaired) electrons. The highest BCUT2D eigenvalue weighted by Gasteiger charge is 2.27. The van der Waals surface area contributed by atoms with E-state index in [1.807, 2.05) is 0 Å². The lowest BCUT2D eigenvalue weighted by molar-refractivity contribution is -0.896. The lowest BCUT2D eigenvalue weighted by Crippen LogP contribution is -3.00. The van der Waals surface area contributed by atoms with E-state index in [-0.39, 0.29) is 48.0 Å². The average Bonchev–Trinajstić information content (AvgIpc) is 3.29. The largest absolute Gasteiger partial charge is 1.00 e. The van der Waals surface area contributed by atoms with Crippen molar-refractivity contribution in [3.05, 3.63) is 42.5 Å². The second-order valence-corrected chi connectivity index (χ2v) is 11.3. The van der Waals surface area contributed by atoms with Crippen LogP contribution >= 0.6 is 0 Å². The molecule has 1 N–H and O–H groups in total. The number of likely N-dealkylation sites (tertiary alicyclic amines) is 1. The third-order valence-electron chi connectivity index (χ3n) is 8.35. The predicted octanol–water partition coefficient (Wildman–Crippen LogP) is -0.419. The SMILES string of the molecule is CCN(CC)CCCNc1c2ccccc2[n+](C)c2c1oc1ccc(OCC3CC[N+](C)(C)CC3)cc12.[I-].[I-]. The van der Waals surface area contributed by atoms with Crippen LogP contribution in [0, 0.1) is 5.92 Å². The zero-order valence-electron chi connectivity index (χ0n) is 24.1. The van der Waals surface area contributed by atoms with Crippen molar-refractivity contribution >= 4 is 38.7 Å². The Hall–Kier alpha value is -1.37. The Morgan fingerprint density at radius 2 is 1.74 bits per heavy atom. The van der Waals surface area contributed by atoms with E-state index in [1.54, 1.807) is 0 Å². The highest BCUT2D eigenvalue weighted by Crippen LogP contribution is 2.37. The number of halogens is 2. The number of fused-ring (bicyclic) bond motifs is 4. The first-order valence-electron chi connectivity index (χ1n) is 14.1. The van der Waals surface area contributed by atoms with Crippen molar-refractivity contribution in [2.75, 3.05) is 65.3 Å². The van der Waals surface area contributed by atoms with E-state index in [0.717, 1.165) is 77.2 Å². The number of hydrogen-bond acceptors (Lipinski definition) is 4. The molecule has 1 aliphatic heterocycles. The van der Waals surface area contributed by atoms with Crippen LogP contribution in [0.2, 0.25) is 0 Å². The summed E-state index contributed by atoms with van der Waals surface area (Å²) in [5.74, 6) is 1.56. The molecule has 0 aliphatic carbocycles. The van der Waals surface area contributed by atoms with Crippen molar-refractivity contribution in [3.63, 3.8) is 0 Å². The molecule has 39 heavy (non-hydrogen) atoms. The molecule has 0 bridgehead atoms. The van der Waals surface area contributed by atoms with Crippen LogP contribution in [0.1, 0.15) is 33.1 Å². The van der Waals surface area contributed by atoms with Gasteiger partial charge in [-0.25, -0.2) is 0 Å². The highest BCUT2D eigenvalue weighted by atomic mass is 127. The number of hydrogen-bond donors (Lipinski definition) is 1. The Bertz CT molecular complexity index is 1370. The Morgan fingerprint density at radius 1 is 1.03 bits per heavy atom. The van der Waals surface area contributed by atoms with Gasteiger partial charge in [-0.15, -0.1) is 0 Å². The first kappa shape index (κ1) is 32.1. The van der Waals surface area contributed by atoms with Gasteiger partial charge in [-0.05, 0) is 50.3 Å². The van der Waals surface area contributed by atoms with Gasteiger partial charge >= 0.3 is 0 Å². The molecule has 3 heterocycles. The Balaban J connectivity index is 0.00000210. The quantitative estimate of drug-likeness (QED) is 0.104. The smallest absolute Gasteiger partial charge is 0.261 e. The van der Waals surface area contributed by atoms with Crippen LogP contribution in [0.4, 0.5) is 5.69 Å². The van der Waals surface area contributed by atoms with E-state index in [0.29, 0.717) is 5.92 Å². The number of aromatic nitrogens is 1. The molecule has 2 aromatic carbocycles. The van der Waals surface area contributed by atoms with Gasteiger partial charge in [0.15, 0.2) is 0 Å². The van der Waals surface area contributed by atoms with Crippen molar-refractivity contribution in [1.29, 1.82) is 0 Å². The molecule has 0 spiro atoms. The third-order valence-corrected chi connectivity index (χ3v) is 8.35. The fourth-order valence-corrected chi connectivity index (χ4v) is 5.81. The van der Waals surface area contributed by atoms with Crippen molar-refractivity contribution in [3.8, 4) is 5.75 Å². The molecule has 1 saturated heterocycles. The lowest BCUT2D eigenvalue weighted by atomic mass is 9.97. The molecule has 2 aromatic heterocycles. The minimum absolute atomic E-state index is 0. The van der Waals surface area contributed by atoms with Crippen LogP contribution in [-0.2, 0) is 7.05 Å². The number of benzene rings is 2. The van der Waals surface area contributed by atoms with E-state index in [9.17, 15) is 0 Å². The van der Waals surface area contributed by atoms with Crippen molar-refractivity contribution < 1.29 is 66.2 Å². The molecular weight excluding hydrogens is 714 g/mol. The minimum atomic E-state index is 0. The van der Waals surface area contributed by atoms with Crippen LogP contribution in [0.5, 0.6) is 5.75 Å². The van der Waals surface area contributed by atoms with Crippen LogP contribution in [0.15, 0.2) is 46.9 Å². The van der Waals surface area contributed by atoms with Gasteiger partial charge in [-0.1, -0.05) is 26.0 Å². The van der Waals surface area contributed by atoms with Gasteiger partial charge in [0.1, 0.15) is 18.4 Å². The van der Waals surface area contributed by atoms with Gasteiger partial charge in [0, 0.05) is 31.4 Å². The van der Waals surface area contributed by atoms with Gasteiger partial charge in [0.2, 0.25) is 11.1 Å². The number of furan rings is 1. The Kier molecular flexibility index (Phi) is 11.5. The Labute approximate surface area is 267 Å². The number of ether oxygens (including phenoxy) is 1. The highest BCUT2D eigenvalue weighted by molar-refractivity contribution is 6.11. The molecule has 0 unspecified atom stereocenters. The standard InChI is InChI=1S/C31H43N4O2.2HI/c1-6-34(7-2)18-10-17-32-29-25-11-8-9-12-27(25)33(3)30-26-21-24(13-14-28(26)37-31(29)30)36-22-23-15-19-35(4,5)20-16-23;;/h8-9,11-14,21,23H,6-7,10,15-20,22H2,1-5H3;2*1H/q+1;;/p-1. The molecule has 0 atom stereocenters. The normalized spacial score (nSPS) is 15.4. The van der Waals surface area contributed by atoms with Gasteiger partial charge in [0.05, 0.1) is 50.3 Å². The van der Waals surface area contributed by atoms with E-state index >= 15 is 0 Å². The zero-order chi connectivity index (χ0) is 26.0. The van der Waals surface area contributed by atoms with Crippen molar-refractivity contribution in [2.45, 2.75) is 33.1 Å². The molecule has 0 amide bonds. The fourth-order valence-electron chi connectivity index (χ4n) is 5.81. The lowest BCUT2D eigenvalue weighted by Gasteiger charge is -2.37. The summed E-state index contributed by atoms with van der Waals surface area (Å²) in [5, 5.41) is 6.04. The first-order valence-corrected chi connectivity index (χ1v) is 14.1. The van der Waals surface area contributed by atoms with Crippen LogP contribution < -0.4 is 62.6 Å². The van der Waals surface area contributed by atoms with Crippen molar-refractivity contribution in [2.24, 2.45) is 13.0 Å². The summed E-state index contributed by atoms with van der Waals surface area (Å²) in [7, 11) is 6.79. The van der Waals surface area contributed by atoms with Gasteiger partial charge in [-0.3, -0.25) is 0 Å². The second kappa shape index (κ2) is 14.0. The zero-order valence-corrected chi connectivity index (χ0v) is 28.4. The van der Waals surface area contributed by atoms with Gasteiger partial charge < -0.3 is 71.8 Å². The topological polar surface area (TPSA) is 41.5 Å². The number of rotatable bonds is 10. The van der Waals surface area contributed by atoms with E-state index < -0.39 is 0 Å². The maximum Gasteiger partial charge on any atom is 0.261 e. The maximum absolute atomic E-state index is 6.51. The summed E-state index contributed by atoms with van der Waals surface area (Å²) in [6.07, 6.45) is 3.55. The summed E-state index contributed by atoms with van der Waals surface area (Å²) < 4.78 is 16.2. The first-order chi connectivity index (χ1) is 17.9. The molecule has 214 valence electrons. The number of nitrogens with one attached hydrogen (secondary N) is 1. The average molecular weight is 759 g/mol. The summed E-state index contributed by atoms with van der Waals surface area (Å²) in [6, 6.07) is 14.9. The third kappa shape index (κ3) is 7.11. The van der Waals surface area contributed by atoms with Crippen LogP contribution in [0.25, 0.3) is 33.0 Å².